The Labute approximate surface area is 266 Å². The van der Waals surface area contributed by atoms with Crippen LogP contribution < -0.4 is 4.74 Å². The van der Waals surface area contributed by atoms with Gasteiger partial charge in [-0.25, -0.2) is 0 Å². The van der Waals surface area contributed by atoms with Crippen LogP contribution in [0.2, 0.25) is 0 Å². The standard InChI is InChI=1S/C37H53NO5S/c1-7-9-10-27(8-2)25-43-35(38-44(39,40)30-15-11-26(3)12-16-30)24-37(42-6)22-20-34-33-17-13-28-23-29(41-5)14-18-31(28)32(33)19-21-36(34,37)4/h11-12,14-16,18,23,27,32-34H,7-10,13,17,19-22,24-25H2,1-6H3/b38-35+/t27?,32-,33-,34+,36+,37-/m1/s1. The third-order valence-electron chi connectivity index (χ3n) is 11.6. The third-order valence-corrected chi connectivity index (χ3v) is 12.9. The molecule has 0 radical (unpaired) electrons. The summed E-state index contributed by atoms with van der Waals surface area (Å²) in [5, 5.41) is 0. The van der Waals surface area contributed by atoms with Gasteiger partial charge in [-0.2, -0.15) is 8.42 Å². The molecule has 1 unspecified atom stereocenters. The molecule has 6 nitrogen and oxygen atoms in total. The largest absolute Gasteiger partial charge is 0.497 e. The molecule has 7 heteroatoms. The highest BCUT2D eigenvalue weighted by atomic mass is 32.2. The minimum Gasteiger partial charge on any atom is -0.497 e. The van der Waals surface area contributed by atoms with Gasteiger partial charge in [0.1, 0.15) is 5.75 Å². The molecule has 0 bridgehead atoms. The minimum absolute atomic E-state index is 0.100. The summed E-state index contributed by atoms with van der Waals surface area (Å²) in [6.07, 6.45) is 11.0. The maximum Gasteiger partial charge on any atom is 0.285 e. The van der Waals surface area contributed by atoms with Crippen molar-refractivity contribution in [2.75, 3.05) is 20.8 Å². The van der Waals surface area contributed by atoms with Crippen LogP contribution >= 0.6 is 0 Å². The first kappa shape index (κ1) is 33.0. The maximum atomic E-state index is 13.6. The van der Waals surface area contributed by atoms with Crippen molar-refractivity contribution in [3.05, 3.63) is 59.2 Å². The van der Waals surface area contributed by atoms with Crippen molar-refractivity contribution in [1.29, 1.82) is 0 Å². The lowest BCUT2D eigenvalue weighted by atomic mass is 9.53. The smallest absolute Gasteiger partial charge is 0.285 e. The quantitative estimate of drug-likeness (QED) is 0.175. The number of hydrogen-bond donors (Lipinski definition) is 0. The molecule has 0 saturated heterocycles. The van der Waals surface area contributed by atoms with E-state index in [1.807, 2.05) is 26.2 Å². The van der Waals surface area contributed by atoms with Crippen LogP contribution in [0.25, 0.3) is 0 Å². The molecule has 2 fully saturated rings. The van der Waals surface area contributed by atoms with Crippen LogP contribution in [0, 0.1) is 30.1 Å². The average molecular weight is 624 g/mol. The van der Waals surface area contributed by atoms with Gasteiger partial charge in [-0.05, 0) is 111 Å². The lowest BCUT2D eigenvalue weighted by Gasteiger charge is -2.54. The van der Waals surface area contributed by atoms with Crippen LogP contribution in [0.5, 0.6) is 5.75 Å². The SMILES string of the molecule is CCCCC(CC)CO/C(C[C@]1(OC)CC[C@H]2[C@@H]3CCc4cc(OC)ccc4[C@H]3CC[C@@]21C)=N/S(=O)(=O)c1ccc(C)cc1. The van der Waals surface area contributed by atoms with Crippen LogP contribution in [0.4, 0.5) is 0 Å². The van der Waals surface area contributed by atoms with Crippen LogP contribution in [0.1, 0.15) is 108 Å². The molecular weight excluding hydrogens is 570 g/mol. The summed E-state index contributed by atoms with van der Waals surface area (Å²) in [7, 11) is -0.386. The molecule has 0 aliphatic heterocycles. The maximum absolute atomic E-state index is 13.6. The van der Waals surface area contributed by atoms with Crippen LogP contribution in [-0.2, 0) is 25.9 Å². The predicted octanol–water partition coefficient (Wildman–Crippen LogP) is 8.66. The Balaban J connectivity index is 1.44. The Kier molecular flexibility index (Phi) is 10.2. The highest BCUT2D eigenvalue weighted by Crippen LogP contribution is 2.66. The van der Waals surface area contributed by atoms with E-state index >= 15 is 0 Å². The number of benzene rings is 2. The Bertz CT molecular complexity index is 1420. The fourth-order valence-corrected chi connectivity index (χ4v) is 9.81. The van der Waals surface area contributed by atoms with E-state index < -0.39 is 15.6 Å². The Hall–Kier alpha value is -2.38. The lowest BCUT2D eigenvalue weighted by molar-refractivity contribution is -0.123. The Morgan fingerprint density at radius 3 is 2.50 bits per heavy atom. The number of methoxy groups -OCH3 is 2. The number of unbranched alkanes of at least 4 members (excludes halogenated alkanes) is 1. The van der Waals surface area contributed by atoms with Crippen molar-refractivity contribution in [3.63, 3.8) is 0 Å². The van der Waals surface area contributed by atoms with Gasteiger partial charge in [0.25, 0.3) is 10.0 Å². The number of nitrogens with zero attached hydrogens (tertiary/aromatic N) is 1. The normalized spacial score (nSPS) is 29.0. The van der Waals surface area contributed by atoms with Crippen molar-refractivity contribution < 1.29 is 22.6 Å². The fourth-order valence-electron chi connectivity index (χ4n) is 8.84. The van der Waals surface area contributed by atoms with Gasteiger partial charge in [-0.15, -0.1) is 4.40 Å². The summed E-state index contributed by atoms with van der Waals surface area (Å²) in [6, 6.07) is 13.5. The van der Waals surface area contributed by atoms with E-state index in [0.717, 1.165) is 69.1 Å². The second-order valence-corrected chi connectivity index (χ2v) is 15.5. The zero-order valence-corrected chi connectivity index (χ0v) is 28.5. The van der Waals surface area contributed by atoms with Crippen molar-refractivity contribution >= 4 is 15.9 Å². The van der Waals surface area contributed by atoms with Crippen LogP contribution in [-0.4, -0.2) is 40.7 Å². The summed E-state index contributed by atoms with van der Waals surface area (Å²) >= 11 is 0. The molecule has 0 aromatic heterocycles. The summed E-state index contributed by atoms with van der Waals surface area (Å²) < 4.78 is 50.1. The molecule has 2 aromatic rings. The minimum atomic E-state index is -3.93. The second kappa shape index (κ2) is 13.5. The fraction of sp³-hybridized carbons (Fsp3) is 0.649. The molecule has 5 rings (SSSR count). The van der Waals surface area contributed by atoms with Gasteiger partial charge in [-0.3, -0.25) is 0 Å². The number of ether oxygens (including phenoxy) is 3. The van der Waals surface area contributed by atoms with Crippen molar-refractivity contribution in [2.24, 2.45) is 27.6 Å². The molecule has 3 aliphatic rings. The number of hydrogen-bond acceptors (Lipinski definition) is 5. The van der Waals surface area contributed by atoms with E-state index in [-0.39, 0.29) is 10.3 Å². The Morgan fingerprint density at radius 1 is 1.05 bits per heavy atom. The average Bonchev–Trinajstić information content (AvgIpc) is 3.32. The van der Waals surface area contributed by atoms with E-state index in [4.69, 9.17) is 14.2 Å². The summed E-state index contributed by atoms with van der Waals surface area (Å²) in [4.78, 5) is 0.196. The van der Waals surface area contributed by atoms with Gasteiger partial charge in [0.05, 0.1) is 30.6 Å². The zero-order chi connectivity index (χ0) is 31.5. The predicted molar refractivity (Wildman–Crippen MR) is 177 cm³/mol. The summed E-state index contributed by atoms with van der Waals surface area (Å²) in [5.41, 5.74) is 3.30. The molecule has 2 saturated carbocycles. The topological polar surface area (TPSA) is 74.2 Å². The van der Waals surface area contributed by atoms with Gasteiger partial charge < -0.3 is 14.2 Å². The number of sulfonamides is 1. The third kappa shape index (κ3) is 6.33. The second-order valence-electron chi connectivity index (χ2n) is 13.9. The number of rotatable bonds is 12. The zero-order valence-electron chi connectivity index (χ0n) is 27.7. The van der Waals surface area contributed by atoms with Crippen molar-refractivity contribution in [1.82, 2.24) is 0 Å². The molecule has 44 heavy (non-hydrogen) atoms. The molecule has 0 heterocycles. The van der Waals surface area contributed by atoms with E-state index in [0.29, 0.717) is 42.6 Å². The highest BCUT2D eigenvalue weighted by molar-refractivity contribution is 7.90. The van der Waals surface area contributed by atoms with Gasteiger partial charge in [0.15, 0.2) is 0 Å². The van der Waals surface area contributed by atoms with Crippen molar-refractivity contribution in [2.45, 2.75) is 115 Å². The molecule has 6 atom stereocenters. The molecule has 0 amide bonds. The summed E-state index contributed by atoms with van der Waals surface area (Å²) in [5.74, 6) is 3.23. The lowest BCUT2D eigenvalue weighted by Crippen LogP contribution is -2.53. The van der Waals surface area contributed by atoms with E-state index in [1.54, 1.807) is 19.2 Å². The van der Waals surface area contributed by atoms with Crippen LogP contribution in [0.15, 0.2) is 51.8 Å². The Morgan fingerprint density at radius 2 is 1.82 bits per heavy atom. The van der Waals surface area contributed by atoms with Gasteiger partial charge in [0, 0.05) is 12.5 Å². The first-order chi connectivity index (χ1) is 21.1. The first-order valence-electron chi connectivity index (χ1n) is 16.8. The first-order valence-corrected chi connectivity index (χ1v) is 18.3. The summed E-state index contributed by atoms with van der Waals surface area (Å²) in [6.45, 7) is 9.20. The van der Waals surface area contributed by atoms with Crippen molar-refractivity contribution in [3.8, 4) is 5.75 Å². The highest BCUT2D eigenvalue weighted by Gasteiger charge is 2.63. The molecule has 3 aliphatic carbocycles. The van der Waals surface area contributed by atoms with E-state index in [2.05, 4.69) is 43.4 Å². The molecule has 0 spiro atoms. The van der Waals surface area contributed by atoms with E-state index in [9.17, 15) is 8.42 Å². The monoisotopic (exact) mass is 623 g/mol. The molecular formula is C37H53NO5S. The van der Waals surface area contributed by atoms with Gasteiger partial charge in [0.2, 0.25) is 5.90 Å². The van der Waals surface area contributed by atoms with E-state index in [1.165, 1.54) is 17.5 Å². The molecule has 242 valence electrons. The number of aryl methyl sites for hydroxylation is 2. The van der Waals surface area contributed by atoms with Gasteiger partial charge >= 0.3 is 0 Å². The molecule has 2 aromatic carbocycles. The molecule has 0 N–H and O–H groups in total. The van der Waals surface area contributed by atoms with Gasteiger partial charge in [-0.1, -0.05) is 63.8 Å². The number of fused-ring (bicyclic) bond motifs is 5. The van der Waals surface area contributed by atoms with Crippen LogP contribution in [0.3, 0.4) is 0 Å².